The van der Waals surface area contributed by atoms with Gasteiger partial charge in [0.25, 0.3) is 0 Å². The molecular weight excluding hydrogens is 466 g/mol. The number of fused-ring (bicyclic) bond motifs is 1. The highest BCUT2D eigenvalue weighted by Crippen LogP contribution is 2.37. The Bertz CT molecular complexity index is 1220. The number of piperazine rings is 1. The number of rotatable bonds is 8. The van der Waals surface area contributed by atoms with E-state index in [4.69, 9.17) is 25.5 Å². The minimum absolute atomic E-state index is 0.175. The number of halogens is 1. The molecule has 0 bridgehead atoms. The van der Waals surface area contributed by atoms with Crippen LogP contribution in [0.4, 0.5) is 0 Å². The molecule has 0 radical (unpaired) electrons. The Labute approximate surface area is 199 Å². The van der Waals surface area contributed by atoms with Gasteiger partial charge in [0, 0.05) is 73.3 Å². The van der Waals surface area contributed by atoms with Gasteiger partial charge in [-0.2, -0.15) is 4.31 Å². The zero-order valence-corrected chi connectivity index (χ0v) is 20.5. The molecule has 2 aromatic heterocycles. The number of pyridine rings is 1. The number of hydrogen-bond acceptors (Lipinski definition) is 7. The molecule has 8 nitrogen and oxygen atoms in total. The molecule has 1 aliphatic heterocycles. The molecule has 3 aromatic rings. The fraction of sp³-hybridized carbons (Fsp3) is 0.435. The average Bonchev–Trinajstić information content (AvgIpc) is 3.24. The van der Waals surface area contributed by atoms with E-state index >= 15 is 0 Å². The summed E-state index contributed by atoms with van der Waals surface area (Å²) in [6.45, 7) is 7.03. The molecule has 0 atom stereocenters. The van der Waals surface area contributed by atoms with Crippen LogP contribution in [0.5, 0.6) is 0 Å². The number of hydrogen-bond donors (Lipinski definition) is 0. The minimum atomic E-state index is -3.62. The SMILES string of the molecule is CCOC(OCC)c1cc2cncc(-c3ccc(S(=O)(=O)N4CCN(C)CC4)cc3Cl)c2o1. The minimum Gasteiger partial charge on any atom is -0.455 e. The van der Waals surface area contributed by atoms with Crippen LogP contribution in [-0.4, -0.2) is 69.0 Å². The predicted molar refractivity (Wildman–Crippen MR) is 127 cm³/mol. The molecule has 0 N–H and O–H groups in total. The first-order valence-corrected chi connectivity index (χ1v) is 12.8. The van der Waals surface area contributed by atoms with Gasteiger partial charge >= 0.3 is 0 Å². The number of nitrogens with zero attached hydrogens (tertiary/aromatic N) is 3. The van der Waals surface area contributed by atoms with E-state index in [0.717, 1.165) is 5.39 Å². The summed E-state index contributed by atoms with van der Waals surface area (Å²) in [6.07, 6.45) is 2.73. The van der Waals surface area contributed by atoms with E-state index < -0.39 is 16.3 Å². The van der Waals surface area contributed by atoms with Crippen LogP contribution in [0.25, 0.3) is 22.1 Å². The van der Waals surface area contributed by atoms with Gasteiger partial charge in [-0.25, -0.2) is 8.42 Å². The lowest BCUT2D eigenvalue weighted by Crippen LogP contribution is -2.47. The molecule has 3 heterocycles. The maximum atomic E-state index is 13.1. The first-order valence-electron chi connectivity index (χ1n) is 10.9. The summed E-state index contributed by atoms with van der Waals surface area (Å²) < 4.78 is 45.1. The standard InChI is InChI=1S/C23H28ClN3O5S/c1-4-30-23(31-5-2)21-12-16-14-25-15-19(22(16)32-21)18-7-6-17(13-20(18)24)33(28,29)27-10-8-26(3)9-11-27/h6-7,12-15,23H,4-5,8-11H2,1-3H3. The van der Waals surface area contributed by atoms with Crippen LogP contribution in [0.3, 0.4) is 0 Å². The average molecular weight is 494 g/mol. The molecule has 1 aliphatic rings. The van der Waals surface area contributed by atoms with Crippen molar-refractivity contribution in [2.24, 2.45) is 0 Å². The van der Waals surface area contributed by atoms with Gasteiger partial charge in [0.15, 0.2) is 5.76 Å². The van der Waals surface area contributed by atoms with Crippen molar-refractivity contribution in [1.29, 1.82) is 0 Å². The predicted octanol–water partition coefficient (Wildman–Crippen LogP) is 4.16. The van der Waals surface area contributed by atoms with Crippen LogP contribution >= 0.6 is 11.6 Å². The third kappa shape index (κ3) is 4.94. The molecule has 1 saturated heterocycles. The Morgan fingerprint density at radius 2 is 1.76 bits per heavy atom. The largest absolute Gasteiger partial charge is 0.455 e. The molecule has 0 unspecified atom stereocenters. The van der Waals surface area contributed by atoms with Gasteiger partial charge in [-0.1, -0.05) is 17.7 Å². The van der Waals surface area contributed by atoms with E-state index in [1.165, 1.54) is 10.4 Å². The Hall–Kier alpha value is -2.01. The van der Waals surface area contributed by atoms with Crippen LogP contribution in [0.15, 0.2) is 46.0 Å². The molecule has 4 rings (SSSR count). The van der Waals surface area contributed by atoms with Gasteiger partial charge in [-0.3, -0.25) is 4.98 Å². The van der Waals surface area contributed by atoms with Gasteiger partial charge in [0.05, 0.1) is 4.90 Å². The lowest BCUT2D eigenvalue weighted by atomic mass is 10.1. The number of furan rings is 1. The lowest BCUT2D eigenvalue weighted by molar-refractivity contribution is -0.150. The van der Waals surface area contributed by atoms with Gasteiger partial charge in [-0.05, 0) is 39.1 Å². The summed E-state index contributed by atoms with van der Waals surface area (Å²) >= 11 is 6.59. The smallest absolute Gasteiger partial charge is 0.243 e. The highest BCUT2D eigenvalue weighted by atomic mass is 35.5. The van der Waals surface area contributed by atoms with Crippen molar-refractivity contribution in [3.05, 3.63) is 47.4 Å². The van der Waals surface area contributed by atoms with Crippen LogP contribution in [0.1, 0.15) is 25.9 Å². The summed E-state index contributed by atoms with van der Waals surface area (Å²) in [5.41, 5.74) is 1.89. The second-order valence-electron chi connectivity index (χ2n) is 7.85. The van der Waals surface area contributed by atoms with Crippen molar-refractivity contribution < 1.29 is 22.3 Å². The van der Waals surface area contributed by atoms with Crippen LogP contribution < -0.4 is 0 Å². The number of benzene rings is 1. The number of aromatic nitrogens is 1. The zero-order valence-electron chi connectivity index (χ0n) is 19.0. The van der Waals surface area contributed by atoms with Crippen molar-refractivity contribution >= 4 is 32.6 Å². The monoisotopic (exact) mass is 493 g/mol. The summed E-state index contributed by atoms with van der Waals surface area (Å²) in [7, 11) is -1.64. The molecular formula is C23H28ClN3O5S. The molecule has 1 fully saturated rings. The molecule has 178 valence electrons. The van der Waals surface area contributed by atoms with Gasteiger partial charge < -0.3 is 18.8 Å². The number of ether oxygens (including phenoxy) is 2. The van der Waals surface area contributed by atoms with E-state index in [-0.39, 0.29) is 4.90 Å². The number of sulfonamides is 1. The Morgan fingerprint density at radius 3 is 2.39 bits per heavy atom. The van der Waals surface area contributed by atoms with Crippen LogP contribution in [0.2, 0.25) is 5.02 Å². The topological polar surface area (TPSA) is 85.1 Å². The van der Waals surface area contributed by atoms with Crippen molar-refractivity contribution in [2.45, 2.75) is 25.0 Å². The first-order chi connectivity index (χ1) is 15.8. The zero-order chi connectivity index (χ0) is 23.6. The third-order valence-electron chi connectivity index (χ3n) is 5.64. The van der Waals surface area contributed by atoms with E-state index in [9.17, 15) is 8.42 Å². The van der Waals surface area contributed by atoms with Crippen molar-refractivity contribution in [3.63, 3.8) is 0 Å². The first kappa shape index (κ1) is 24.1. The Morgan fingerprint density at radius 1 is 1.06 bits per heavy atom. The summed E-state index contributed by atoms with van der Waals surface area (Å²) in [4.78, 5) is 6.60. The maximum absolute atomic E-state index is 13.1. The highest BCUT2D eigenvalue weighted by molar-refractivity contribution is 7.89. The lowest BCUT2D eigenvalue weighted by Gasteiger charge is -2.31. The van der Waals surface area contributed by atoms with Crippen LogP contribution in [0, 0.1) is 0 Å². The summed E-state index contributed by atoms with van der Waals surface area (Å²) in [6, 6.07) is 6.62. The fourth-order valence-electron chi connectivity index (χ4n) is 3.86. The molecule has 0 aliphatic carbocycles. The van der Waals surface area contributed by atoms with Gasteiger partial charge in [0.1, 0.15) is 5.58 Å². The van der Waals surface area contributed by atoms with Crippen LogP contribution in [-0.2, 0) is 19.5 Å². The molecule has 0 amide bonds. The highest BCUT2D eigenvalue weighted by Gasteiger charge is 2.28. The van der Waals surface area contributed by atoms with E-state index in [2.05, 4.69) is 9.88 Å². The van der Waals surface area contributed by atoms with Gasteiger partial charge in [-0.15, -0.1) is 0 Å². The second-order valence-corrected chi connectivity index (χ2v) is 10.2. The summed E-state index contributed by atoms with van der Waals surface area (Å²) in [5.74, 6) is 0.535. The third-order valence-corrected chi connectivity index (χ3v) is 7.85. The fourth-order valence-corrected chi connectivity index (χ4v) is 5.65. The van der Waals surface area contributed by atoms with Crippen molar-refractivity contribution in [1.82, 2.24) is 14.2 Å². The molecule has 33 heavy (non-hydrogen) atoms. The molecule has 0 saturated carbocycles. The second kappa shape index (κ2) is 10.1. The molecule has 1 aromatic carbocycles. The normalized spacial score (nSPS) is 16.2. The summed E-state index contributed by atoms with van der Waals surface area (Å²) in [5, 5.41) is 1.08. The molecule has 10 heteroatoms. The van der Waals surface area contributed by atoms with E-state index in [1.54, 1.807) is 24.5 Å². The van der Waals surface area contributed by atoms with Crippen molar-refractivity contribution in [3.8, 4) is 11.1 Å². The van der Waals surface area contributed by atoms with E-state index in [0.29, 0.717) is 66.9 Å². The molecule has 0 spiro atoms. The van der Waals surface area contributed by atoms with Crippen molar-refractivity contribution in [2.75, 3.05) is 46.4 Å². The van der Waals surface area contributed by atoms with E-state index in [1.807, 2.05) is 27.0 Å². The Kier molecular flexibility index (Phi) is 7.37. The Balaban J connectivity index is 1.69. The number of likely N-dealkylation sites (N-methyl/N-ethyl adjacent to an activating group) is 1. The quantitative estimate of drug-likeness (QED) is 0.435. The maximum Gasteiger partial charge on any atom is 0.243 e. The van der Waals surface area contributed by atoms with Gasteiger partial charge in [0.2, 0.25) is 16.3 Å².